The van der Waals surface area contributed by atoms with E-state index in [-0.39, 0.29) is 29.6 Å². The molecule has 3 aromatic rings. The molecule has 1 aromatic carbocycles. The van der Waals surface area contributed by atoms with Gasteiger partial charge in [-0.15, -0.1) is 11.3 Å². The highest BCUT2D eigenvalue weighted by Crippen LogP contribution is 2.37. The molecular weight excluding hydrogens is 513 g/mol. The molecule has 12 heteroatoms. The number of rotatable bonds is 5. The highest BCUT2D eigenvalue weighted by Gasteiger charge is 2.35. The average molecular weight is 538 g/mol. The number of amides is 1. The first-order valence-electron chi connectivity index (χ1n) is 11.8. The Morgan fingerprint density at radius 1 is 1.19 bits per heavy atom. The first-order chi connectivity index (χ1) is 17.6. The molecule has 5 rings (SSSR count). The molecule has 1 saturated heterocycles. The number of nitrogens with one attached hydrogen (secondary N) is 1. The normalized spacial score (nSPS) is 18.7. The van der Waals surface area contributed by atoms with E-state index in [4.69, 9.17) is 4.98 Å². The lowest BCUT2D eigenvalue weighted by atomic mass is 9.97. The van der Waals surface area contributed by atoms with Gasteiger partial charge in [0.1, 0.15) is 18.2 Å². The van der Waals surface area contributed by atoms with E-state index in [9.17, 15) is 26.7 Å². The van der Waals surface area contributed by atoms with E-state index in [0.717, 1.165) is 27.0 Å². The van der Waals surface area contributed by atoms with Gasteiger partial charge in [-0.2, -0.15) is 18.3 Å². The third-order valence-corrected chi connectivity index (χ3v) is 7.84. The first kappa shape index (κ1) is 25.4. The van der Waals surface area contributed by atoms with Crippen molar-refractivity contribution in [1.29, 1.82) is 0 Å². The van der Waals surface area contributed by atoms with Crippen LogP contribution in [0.3, 0.4) is 0 Å². The van der Waals surface area contributed by atoms with E-state index in [0.29, 0.717) is 32.4 Å². The second kappa shape index (κ2) is 9.88. The van der Waals surface area contributed by atoms with Crippen molar-refractivity contribution < 1.29 is 26.7 Å². The summed E-state index contributed by atoms with van der Waals surface area (Å²) in [5.74, 6) is -1.29. The number of nitrogens with zero attached hydrogens (tertiary/aromatic N) is 4. The van der Waals surface area contributed by atoms with Crippen LogP contribution in [-0.2, 0) is 17.5 Å². The number of piperidine rings is 1. The zero-order valence-electron chi connectivity index (χ0n) is 19.9. The second-order valence-corrected chi connectivity index (χ2v) is 10.2. The van der Waals surface area contributed by atoms with E-state index in [1.807, 2.05) is 5.38 Å². The summed E-state index contributed by atoms with van der Waals surface area (Å²) in [6, 6.07) is 4.26. The molecule has 1 fully saturated rings. The van der Waals surface area contributed by atoms with Crippen molar-refractivity contribution in [2.24, 2.45) is 0 Å². The van der Waals surface area contributed by atoms with Crippen molar-refractivity contribution in [2.45, 2.75) is 50.9 Å². The number of halogens is 5. The Hall–Kier alpha value is -3.28. The fourth-order valence-corrected chi connectivity index (χ4v) is 5.80. The minimum atomic E-state index is -4.55. The number of carbonyl (C=O) groups excluding carboxylic acids is 1. The Balaban J connectivity index is 1.17. The minimum absolute atomic E-state index is 0.0150. The molecule has 1 atom stereocenters. The van der Waals surface area contributed by atoms with Gasteiger partial charge in [0.05, 0.1) is 16.7 Å². The molecule has 37 heavy (non-hydrogen) atoms. The SMILES string of the molecule is Cc1cc(C(F)(F)F)nn1CC(=O)N1CCC(c2nc(C3=CN[C@H](c4c(F)cccc4F)C3)cs2)CC1. The number of aromatic nitrogens is 3. The van der Waals surface area contributed by atoms with Crippen molar-refractivity contribution in [1.82, 2.24) is 25.0 Å². The van der Waals surface area contributed by atoms with Crippen LogP contribution in [0.4, 0.5) is 22.0 Å². The van der Waals surface area contributed by atoms with Gasteiger partial charge in [0.25, 0.3) is 0 Å². The van der Waals surface area contributed by atoms with Gasteiger partial charge in [-0.25, -0.2) is 13.8 Å². The molecule has 0 bridgehead atoms. The highest BCUT2D eigenvalue weighted by molar-refractivity contribution is 7.09. The molecule has 6 nitrogen and oxygen atoms in total. The number of alkyl halides is 3. The molecule has 0 unspecified atom stereocenters. The van der Waals surface area contributed by atoms with Gasteiger partial charge in [0.2, 0.25) is 5.91 Å². The quantitative estimate of drug-likeness (QED) is 0.441. The maximum absolute atomic E-state index is 14.2. The summed E-state index contributed by atoms with van der Waals surface area (Å²) < 4.78 is 68.1. The molecular formula is C25H24F5N5OS. The van der Waals surface area contributed by atoms with Crippen LogP contribution < -0.4 is 5.32 Å². The summed E-state index contributed by atoms with van der Waals surface area (Å²) in [6.07, 6.45) is -1.02. The molecule has 1 amide bonds. The van der Waals surface area contributed by atoms with Crippen LogP contribution in [0.25, 0.3) is 5.57 Å². The number of likely N-dealkylation sites (tertiary alicyclic amines) is 1. The summed E-state index contributed by atoms with van der Waals surface area (Å²) >= 11 is 1.51. The number of benzene rings is 1. The monoisotopic (exact) mass is 537 g/mol. The van der Waals surface area contributed by atoms with E-state index in [1.165, 1.54) is 36.5 Å². The van der Waals surface area contributed by atoms with Crippen molar-refractivity contribution in [3.8, 4) is 0 Å². The third kappa shape index (κ3) is 5.25. The van der Waals surface area contributed by atoms with Crippen LogP contribution in [0.2, 0.25) is 0 Å². The van der Waals surface area contributed by atoms with E-state index < -0.39 is 29.5 Å². The fraction of sp³-hybridized carbons (Fsp3) is 0.400. The Morgan fingerprint density at radius 2 is 1.89 bits per heavy atom. The Labute approximate surface area is 213 Å². The first-order valence-corrected chi connectivity index (χ1v) is 12.7. The number of thiazole rings is 1. The number of aryl methyl sites for hydroxylation is 1. The van der Waals surface area contributed by atoms with Crippen molar-refractivity contribution >= 4 is 22.8 Å². The van der Waals surface area contributed by atoms with Gasteiger partial charge in [-0.3, -0.25) is 9.48 Å². The number of hydrogen-bond acceptors (Lipinski definition) is 5. The summed E-state index contributed by atoms with van der Waals surface area (Å²) in [5, 5.41) is 9.45. The van der Waals surface area contributed by atoms with Crippen LogP contribution in [0.1, 0.15) is 58.9 Å². The number of carbonyl (C=O) groups is 1. The second-order valence-electron chi connectivity index (χ2n) is 9.28. The van der Waals surface area contributed by atoms with Crippen molar-refractivity contribution in [2.75, 3.05) is 13.1 Å². The summed E-state index contributed by atoms with van der Waals surface area (Å²) in [4.78, 5) is 19.1. The van der Waals surface area contributed by atoms with Crippen LogP contribution in [-0.4, -0.2) is 38.7 Å². The van der Waals surface area contributed by atoms with E-state index >= 15 is 0 Å². The van der Waals surface area contributed by atoms with Gasteiger partial charge >= 0.3 is 6.18 Å². The lowest BCUT2D eigenvalue weighted by Gasteiger charge is -2.31. The molecule has 0 spiro atoms. The highest BCUT2D eigenvalue weighted by atomic mass is 32.1. The molecule has 0 aliphatic carbocycles. The standard InChI is InChI=1S/C25H24F5N5OS/c1-14-9-21(25(28,29)30)33-35(14)12-22(36)34-7-5-15(6-8-34)24-32-20(13-37-24)16-10-19(31-11-16)23-17(26)3-2-4-18(23)27/h2-4,9,11,13,15,19,31H,5-8,10,12H2,1H3/t19-/m0/s1. The zero-order chi connectivity index (χ0) is 26.3. The zero-order valence-corrected chi connectivity index (χ0v) is 20.7. The topological polar surface area (TPSA) is 63.1 Å². The fourth-order valence-electron chi connectivity index (χ4n) is 4.78. The summed E-state index contributed by atoms with van der Waals surface area (Å²) in [7, 11) is 0. The van der Waals surface area contributed by atoms with Gasteiger partial charge < -0.3 is 10.2 Å². The predicted molar refractivity (Wildman–Crippen MR) is 127 cm³/mol. The van der Waals surface area contributed by atoms with Crippen LogP contribution >= 0.6 is 11.3 Å². The van der Waals surface area contributed by atoms with Crippen LogP contribution in [0, 0.1) is 18.6 Å². The maximum Gasteiger partial charge on any atom is 0.435 e. The molecule has 2 aliphatic heterocycles. The van der Waals surface area contributed by atoms with Gasteiger partial charge in [0.15, 0.2) is 5.69 Å². The lowest BCUT2D eigenvalue weighted by Crippen LogP contribution is -2.40. The molecule has 0 radical (unpaired) electrons. The maximum atomic E-state index is 14.2. The van der Waals surface area contributed by atoms with E-state index in [2.05, 4.69) is 10.4 Å². The molecule has 2 aromatic heterocycles. The molecule has 1 N–H and O–H groups in total. The largest absolute Gasteiger partial charge is 0.435 e. The van der Waals surface area contributed by atoms with Gasteiger partial charge in [0, 0.05) is 48.3 Å². The van der Waals surface area contributed by atoms with Crippen LogP contribution in [0.15, 0.2) is 35.8 Å². The van der Waals surface area contributed by atoms with Crippen molar-refractivity contribution in [3.05, 3.63) is 75.1 Å². The van der Waals surface area contributed by atoms with Crippen molar-refractivity contribution in [3.63, 3.8) is 0 Å². The molecule has 2 aliphatic rings. The predicted octanol–water partition coefficient (Wildman–Crippen LogP) is 5.43. The summed E-state index contributed by atoms with van der Waals surface area (Å²) in [6.45, 7) is 2.21. The Kier molecular flexibility index (Phi) is 6.78. The number of hydrogen-bond donors (Lipinski definition) is 1. The van der Waals surface area contributed by atoms with Gasteiger partial charge in [-0.1, -0.05) is 6.07 Å². The Morgan fingerprint density at radius 3 is 2.54 bits per heavy atom. The molecule has 0 saturated carbocycles. The van der Waals surface area contributed by atoms with Gasteiger partial charge in [-0.05, 0) is 43.5 Å². The molecule has 4 heterocycles. The minimum Gasteiger partial charge on any atom is -0.383 e. The third-order valence-electron chi connectivity index (χ3n) is 6.84. The Bertz CT molecular complexity index is 1320. The van der Waals surface area contributed by atoms with Crippen LogP contribution in [0.5, 0.6) is 0 Å². The molecule has 196 valence electrons. The lowest BCUT2D eigenvalue weighted by molar-refractivity contribution is -0.142. The average Bonchev–Trinajstić information content (AvgIpc) is 3.59. The smallest absolute Gasteiger partial charge is 0.383 e. The summed E-state index contributed by atoms with van der Waals surface area (Å²) in [5.41, 5.74) is 0.923. The van der Waals surface area contributed by atoms with E-state index in [1.54, 1.807) is 11.1 Å².